The molecule has 0 atom stereocenters. The Labute approximate surface area is 165 Å². The van der Waals surface area contributed by atoms with Crippen molar-refractivity contribution in [3.05, 3.63) is 71.9 Å². The quantitative estimate of drug-likeness (QED) is 0.527. The number of nitrogens with zero attached hydrogens (tertiary/aromatic N) is 2. The van der Waals surface area contributed by atoms with Gasteiger partial charge in [0.25, 0.3) is 11.8 Å². The first-order chi connectivity index (χ1) is 14.0. The van der Waals surface area contributed by atoms with Crippen LogP contribution in [0, 0.1) is 0 Å². The number of barbiturate groups is 1. The first kappa shape index (κ1) is 18.2. The fourth-order valence-electron chi connectivity index (χ4n) is 2.96. The van der Waals surface area contributed by atoms with E-state index in [1.54, 1.807) is 18.0 Å². The Morgan fingerprint density at radius 2 is 1.69 bits per heavy atom. The summed E-state index contributed by atoms with van der Waals surface area (Å²) >= 11 is 0. The maximum atomic E-state index is 12.1. The van der Waals surface area contributed by atoms with E-state index in [1.165, 1.54) is 6.08 Å². The second-order valence-corrected chi connectivity index (χ2v) is 6.24. The van der Waals surface area contributed by atoms with E-state index in [1.807, 2.05) is 54.6 Å². The van der Waals surface area contributed by atoms with Gasteiger partial charge in [0.1, 0.15) is 17.0 Å². The highest BCUT2D eigenvalue weighted by molar-refractivity contribution is 6.31. The second kappa shape index (κ2) is 7.43. The summed E-state index contributed by atoms with van der Waals surface area (Å²) in [6.45, 7) is 0. The molecule has 1 aliphatic heterocycles. The second-order valence-electron chi connectivity index (χ2n) is 6.24. The Balaban J connectivity index is 1.86. The lowest BCUT2D eigenvalue weighted by atomic mass is 10.0. The van der Waals surface area contributed by atoms with E-state index in [4.69, 9.17) is 4.74 Å². The minimum absolute atomic E-state index is 0.179. The van der Waals surface area contributed by atoms with Gasteiger partial charge in [-0.1, -0.05) is 30.3 Å². The van der Waals surface area contributed by atoms with Crippen LogP contribution in [0.4, 0.5) is 4.79 Å². The van der Waals surface area contributed by atoms with E-state index in [9.17, 15) is 14.4 Å². The molecule has 29 heavy (non-hydrogen) atoms. The van der Waals surface area contributed by atoms with E-state index in [0.29, 0.717) is 17.0 Å². The number of imide groups is 2. The third kappa shape index (κ3) is 3.63. The van der Waals surface area contributed by atoms with Crippen molar-refractivity contribution in [3.8, 4) is 22.7 Å². The molecule has 8 heteroatoms. The molecule has 8 nitrogen and oxygen atoms in total. The summed E-state index contributed by atoms with van der Waals surface area (Å²) in [6, 6.07) is 15.9. The molecule has 1 saturated heterocycles. The number of rotatable bonds is 4. The number of para-hydroxylation sites is 1. The molecule has 0 radical (unpaired) electrons. The first-order valence-electron chi connectivity index (χ1n) is 8.73. The molecule has 2 heterocycles. The number of methoxy groups -OCH3 is 1. The number of ether oxygens (including phenoxy) is 1. The minimum Gasteiger partial charge on any atom is -0.497 e. The van der Waals surface area contributed by atoms with Crippen molar-refractivity contribution in [1.82, 2.24) is 20.4 Å². The Morgan fingerprint density at radius 3 is 2.38 bits per heavy atom. The lowest BCUT2D eigenvalue weighted by Crippen LogP contribution is -2.51. The van der Waals surface area contributed by atoms with Gasteiger partial charge in [-0.25, -0.2) is 9.48 Å². The molecule has 0 unspecified atom stereocenters. The number of amides is 4. The number of carbonyl (C=O) groups excluding carboxylic acids is 3. The van der Waals surface area contributed by atoms with Crippen molar-refractivity contribution >= 4 is 23.9 Å². The van der Waals surface area contributed by atoms with Crippen molar-refractivity contribution in [2.45, 2.75) is 0 Å². The van der Waals surface area contributed by atoms with Gasteiger partial charge in [-0.2, -0.15) is 5.10 Å². The van der Waals surface area contributed by atoms with Gasteiger partial charge in [0, 0.05) is 17.3 Å². The lowest BCUT2D eigenvalue weighted by molar-refractivity contribution is -0.123. The molecule has 144 valence electrons. The predicted octanol–water partition coefficient (Wildman–Crippen LogP) is 2.30. The fourth-order valence-corrected chi connectivity index (χ4v) is 2.96. The van der Waals surface area contributed by atoms with Gasteiger partial charge in [0.2, 0.25) is 0 Å². The maximum absolute atomic E-state index is 12.1. The van der Waals surface area contributed by atoms with Gasteiger partial charge >= 0.3 is 6.03 Å². The fraction of sp³-hybridized carbons (Fsp3) is 0.0476. The van der Waals surface area contributed by atoms with E-state index in [0.717, 1.165) is 11.3 Å². The zero-order valence-corrected chi connectivity index (χ0v) is 15.4. The van der Waals surface area contributed by atoms with Crippen molar-refractivity contribution in [1.29, 1.82) is 0 Å². The SMILES string of the molecule is COc1cccc(-c2nn(-c3ccccc3)cc2C=C2C(=O)NC(=O)NC2=O)c1. The van der Waals surface area contributed by atoms with Gasteiger partial charge in [0.15, 0.2) is 0 Å². The molecule has 2 aromatic carbocycles. The van der Waals surface area contributed by atoms with Crippen LogP contribution in [-0.4, -0.2) is 34.7 Å². The molecule has 0 spiro atoms. The lowest BCUT2D eigenvalue weighted by Gasteiger charge is -2.13. The van der Waals surface area contributed by atoms with Crippen molar-refractivity contribution < 1.29 is 19.1 Å². The topological polar surface area (TPSA) is 102 Å². The number of carbonyl (C=O) groups is 3. The van der Waals surface area contributed by atoms with E-state index in [-0.39, 0.29) is 5.57 Å². The number of hydrogen-bond acceptors (Lipinski definition) is 5. The third-order valence-electron chi connectivity index (χ3n) is 4.35. The summed E-state index contributed by atoms with van der Waals surface area (Å²) in [7, 11) is 1.57. The van der Waals surface area contributed by atoms with Crippen molar-refractivity contribution in [2.75, 3.05) is 7.11 Å². The molecule has 0 bridgehead atoms. The summed E-state index contributed by atoms with van der Waals surface area (Å²) in [6.07, 6.45) is 3.13. The zero-order chi connectivity index (χ0) is 20.4. The van der Waals surface area contributed by atoms with Crippen LogP contribution in [0.15, 0.2) is 66.4 Å². The molecule has 1 aromatic heterocycles. The van der Waals surface area contributed by atoms with Crippen molar-refractivity contribution in [2.24, 2.45) is 0 Å². The Hall–Kier alpha value is -4.20. The molecule has 0 saturated carbocycles. The van der Waals surface area contributed by atoms with Crippen LogP contribution in [0.1, 0.15) is 5.56 Å². The van der Waals surface area contributed by atoms with Crippen LogP contribution in [0.5, 0.6) is 5.75 Å². The number of nitrogens with one attached hydrogen (secondary N) is 2. The highest BCUT2D eigenvalue weighted by atomic mass is 16.5. The first-order valence-corrected chi connectivity index (χ1v) is 8.73. The summed E-state index contributed by atoms with van der Waals surface area (Å²) in [5.74, 6) is -0.875. The van der Waals surface area contributed by atoms with E-state index >= 15 is 0 Å². The van der Waals surface area contributed by atoms with Crippen LogP contribution >= 0.6 is 0 Å². The Bertz CT molecular complexity index is 1130. The molecule has 4 rings (SSSR count). The summed E-state index contributed by atoms with van der Waals surface area (Å²) in [5, 5.41) is 8.78. The molecule has 4 amide bonds. The van der Waals surface area contributed by atoms with Gasteiger partial charge < -0.3 is 4.74 Å². The highest BCUT2D eigenvalue weighted by Gasteiger charge is 2.28. The Kier molecular flexibility index (Phi) is 4.66. The van der Waals surface area contributed by atoms with Gasteiger partial charge in [-0.05, 0) is 30.3 Å². The molecule has 2 N–H and O–H groups in total. The maximum Gasteiger partial charge on any atom is 0.328 e. The van der Waals surface area contributed by atoms with Crippen LogP contribution in [0.3, 0.4) is 0 Å². The summed E-state index contributed by atoms with van der Waals surface area (Å²) in [5.41, 5.74) is 2.48. The number of hydrogen-bond donors (Lipinski definition) is 2. The molecule has 3 aromatic rings. The largest absolute Gasteiger partial charge is 0.497 e. The van der Waals surface area contributed by atoms with Gasteiger partial charge in [0.05, 0.1) is 12.8 Å². The normalized spacial score (nSPS) is 13.7. The van der Waals surface area contributed by atoms with Crippen LogP contribution in [0.25, 0.3) is 23.0 Å². The van der Waals surface area contributed by atoms with Crippen LogP contribution in [0.2, 0.25) is 0 Å². The summed E-state index contributed by atoms with van der Waals surface area (Å²) in [4.78, 5) is 35.6. The molecule has 1 fully saturated rings. The molecule has 0 aliphatic carbocycles. The molecule has 1 aliphatic rings. The monoisotopic (exact) mass is 388 g/mol. The third-order valence-corrected chi connectivity index (χ3v) is 4.35. The van der Waals surface area contributed by atoms with Crippen LogP contribution < -0.4 is 15.4 Å². The number of aromatic nitrogens is 2. The molecular formula is C21H16N4O4. The zero-order valence-electron chi connectivity index (χ0n) is 15.4. The standard InChI is InChI=1S/C21H16N4O4/c1-29-16-9-5-6-13(10-16)18-14(11-17-19(26)22-21(28)23-20(17)27)12-25(24-18)15-7-3-2-4-8-15/h2-12H,1H3,(H2,22,23,26,27,28). The van der Waals surface area contributed by atoms with Crippen molar-refractivity contribution in [3.63, 3.8) is 0 Å². The van der Waals surface area contributed by atoms with E-state index in [2.05, 4.69) is 15.7 Å². The summed E-state index contributed by atoms with van der Waals surface area (Å²) < 4.78 is 6.95. The molecular weight excluding hydrogens is 372 g/mol. The van der Waals surface area contributed by atoms with Gasteiger partial charge in [-0.3, -0.25) is 20.2 Å². The average molecular weight is 388 g/mol. The van der Waals surface area contributed by atoms with Gasteiger partial charge in [-0.15, -0.1) is 0 Å². The number of urea groups is 1. The minimum atomic E-state index is -0.842. The number of benzene rings is 2. The predicted molar refractivity (Wildman–Crippen MR) is 105 cm³/mol. The van der Waals surface area contributed by atoms with Crippen LogP contribution in [-0.2, 0) is 9.59 Å². The smallest absolute Gasteiger partial charge is 0.328 e. The Morgan fingerprint density at radius 1 is 0.966 bits per heavy atom. The highest BCUT2D eigenvalue weighted by Crippen LogP contribution is 2.28. The average Bonchev–Trinajstić information content (AvgIpc) is 3.15. The van der Waals surface area contributed by atoms with E-state index < -0.39 is 17.8 Å².